The summed E-state index contributed by atoms with van der Waals surface area (Å²) in [5, 5.41) is 12.2. The third-order valence-electron chi connectivity index (χ3n) is 5.63. The predicted molar refractivity (Wildman–Crippen MR) is 118 cm³/mol. The molecule has 9 nitrogen and oxygen atoms in total. The second-order valence-electron chi connectivity index (χ2n) is 7.80. The average Bonchev–Trinajstić information content (AvgIpc) is 3.23. The number of methoxy groups -OCH3 is 1. The Bertz CT molecular complexity index is 1060. The van der Waals surface area contributed by atoms with Crippen LogP contribution in [0.5, 0.6) is 5.75 Å². The zero-order valence-electron chi connectivity index (χ0n) is 18.3. The van der Waals surface area contributed by atoms with Crippen molar-refractivity contribution >= 4 is 35.3 Å². The number of hydrogen-bond donors (Lipinski definition) is 2. The Morgan fingerprint density at radius 1 is 1.30 bits per heavy atom. The molecule has 2 N–H and O–H groups in total. The Morgan fingerprint density at radius 2 is 2.06 bits per heavy atom. The van der Waals surface area contributed by atoms with Crippen molar-refractivity contribution < 1.29 is 33.4 Å². The van der Waals surface area contributed by atoms with Gasteiger partial charge >= 0.3 is 5.97 Å². The summed E-state index contributed by atoms with van der Waals surface area (Å²) in [5.41, 5.74) is 0.690. The number of rotatable bonds is 8. The van der Waals surface area contributed by atoms with Gasteiger partial charge in [-0.1, -0.05) is 18.5 Å². The fourth-order valence-electron chi connectivity index (χ4n) is 3.82. The molecular weight excluding hydrogens is 452 g/mol. The molecular formula is C23H25ClN2O7. The van der Waals surface area contributed by atoms with E-state index in [0.29, 0.717) is 28.5 Å². The van der Waals surface area contributed by atoms with Crippen molar-refractivity contribution in [1.29, 1.82) is 0 Å². The summed E-state index contributed by atoms with van der Waals surface area (Å²) in [6.45, 7) is 1.52. The minimum Gasteiger partial charge on any atom is -0.496 e. The van der Waals surface area contributed by atoms with Crippen molar-refractivity contribution in [3.8, 4) is 5.75 Å². The first kappa shape index (κ1) is 24.3. The molecule has 33 heavy (non-hydrogen) atoms. The highest BCUT2D eigenvalue weighted by atomic mass is 35.5. The molecule has 1 aliphatic rings. The van der Waals surface area contributed by atoms with Crippen molar-refractivity contribution in [2.24, 2.45) is 5.92 Å². The van der Waals surface area contributed by atoms with Crippen LogP contribution in [0.4, 0.5) is 0 Å². The lowest BCUT2D eigenvalue weighted by atomic mass is 9.96. The van der Waals surface area contributed by atoms with Crippen LogP contribution in [-0.4, -0.2) is 53.9 Å². The molecule has 0 radical (unpaired) electrons. The summed E-state index contributed by atoms with van der Waals surface area (Å²) in [5.74, 6) is -3.09. The van der Waals surface area contributed by atoms with Gasteiger partial charge in [0.2, 0.25) is 23.5 Å². The largest absolute Gasteiger partial charge is 0.496 e. The van der Waals surface area contributed by atoms with E-state index in [4.69, 9.17) is 25.9 Å². The molecule has 0 saturated carbocycles. The Hall–Kier alpha value is -3.33. The Balaban J connectivity index is 1.79. The molecule has 0 spiro atoms. The van der Waals surface area contributed by atoms with E-state index in [9.17, 15) is 19.2 Å². The number of carbonyl (C=O) groups is 4. The van der Waals surface area contributed by atoms with Crippen LogP contribution in [0, 0.1) is 5.92 Å². The van der Waals surface area contributed by atoms with Crippen LogP contribution in [0.2, 0.25) is 5.02 Å². The van der Waals surface area contributed by atoms with Crippen LogP contribution in [0.25, 0.3) is 0 Å². The summed E-state index contributed by atoms with van der Waals surface area (Å²) in [7, 11) is 1.51. The Kier molecular flexibility index (Phi) is 7.75. The smallest absolute Gasteiger partial charge is 0.371 e. The zero-order chi connectivity index (χ0) is 24.1. The van der Waals surface area contributed by atoms with Crippen LogP contribution in [0.3, 0.4) is 0 Å². The standard InChI is InChI=1S/C23H25ClN2O7/c1-3-13(18-6-7-19(33-18)23(30)31)10-21(28)26-12-20(27)25-11-15(22(26)29)8-14-9-16(24)4-5-17(14)32-2/h4-7,9,13,15H,3,8,10-12H2,1-2H3,(H,25,27)(H,30,31)/t13-,15-/m0/s1. The first-order chi connectivity index (χ1) is 15.7. The molecule has 2 atom stereocenters. The van der Waals surface area contributed by atoms with Gasteiger partial charge in [-0.05, 0) is 48.7 Å². The van der Waals surface area contributed by atoms with Crippen molar-refractivity contribution in [3.05, 3.63) is 52.4 Å². The number of furan rings is 1. The lowest BCUT2D eigenvalue weighted by Crippen LogP contribution is -2.43. The molecule has 2 heterocycles. The number of imide groups is 1. The van der Waals surface area contributed by atoms with E-state index < -0.39 is 35.5 Å². The highest BCUT2D eigenvalue weighted by Crippen LogP contribution is 2.29. The molecule has 0 aliphatic carbocycles. The Labute approximate surface area is 195 Å². The summed E-state index contributed by atoms with van der Waals surface area (Å²) in [6.07, 6.45) is 0.606. The molecule has 10 heteroatoms. The fraction of sp³-hybridized carbons (Fsp3) is 0.391. The number of benzene rings is 1. The van der Waals surface area contributed by atoms with E-state index >= 15 is 0 Å². The lowest BCUT2D eigenvalue weighted by Gasteiger charge is -2.23. The topological polar surface area (TPSA) is 126 Å². The van der Waals surface area contributed by atoms with Crippen molar-refractivity contribution in [3.63, 3.8) is 0 Å². The number of aromatic carboxylic acids is 1. The number of nitrogens with zero attached hydrogens (tertiary/aromatic N) is 1. The van der Waals surface area contributed by atoms with Crippen LogP contribution >= 0.6 is 11.6 Å². The second kappa shape index (κ2) is 10.5. The van der Waals surface area contributed by atoms with Crippen molar-refractivity contribution in [2.75, 3.05) is 20.2 Å². The summed E-state index contributed by atoms with van der Waals surface area (Å²) >= 11 is 6.09. The van der Waals surface area contributed by atoms with Gasteiger partial charge in [-0.15, -0.1) is 0 Å². The van der Waals surface area contributed by atoms with Crippen LogP contribution in [0.1, 0.15) is 47.6 Å². The van der Waals surface area contributed by atoms with Gasteiger partial charge in [0.15, 0.2) is 0 Å². The third-order valence-corrected chi connectivity index (χ3v) is 5.86. The maximum atomic E-state index is 13.3. The van der Waals surface area contributed by atoms with Gasteiger partial charge < -0.3 is 19.6 Å². The van der Waals surface area contributed by atoms with Crippen molar-refractivity contribution in [2.45, 2.75) is 32.1 Å². The first-order valence-electron chi connectivity index (χ1n) is 10.5. The van der Waals surface area contributed by atoms with E-state index in [1.54, 1.807) is 18.2 Å². The highest BCUT2D eigenvalue weighted by Gasteiger charge is 2.35. The van der Waals surface area contributed by atoms with Crippen LogP contribution in [0.15, 0.2) is 34.7 Å². The minimum absolute atomic E-state index is 0.0779. The lowest BCUT2D eigenvalue weighted by molar-refractivity contribution is -0.148. The van der Waals surface area contributed by atoms with E-state index in [-0.39, 0.29) is 31.7 Å². The van der Waals surface area contributed by atoms with Gasteiger partial charge in [-0.3, -0.25) is 19.3 Å². The number of carbonyl (C=O) groups excluding carboxylic acids is 3. The second-order valence-corrected chi connectivity index (χ2v) is 8.23. The minimum atomic E-state index is -1.21. The van der Waals surface area contributed by atoms with E-state index in [1.807, 2.05) is 6.92 Å². The average molecular weight is 477 g/mol. The SMILES string of the molecule is CC[C@@H](CC(=O)N1CC(=O)NC[C@H](Cc2cc(Cl)ccc2OC)C1=O)c1ccc(C(=O)O)o1. The van der Waals surface area contributed by atoms with Gasteiger partial charge in [-0.2, -0.15) is 0 Å². The number of halogens is 1. The predicted octanol–water partition coefficient (Wildman–Crippen LogP) is 2.87. The zero-order valence-corrected chi connectivity index (χ0v) is 19.1. The molecule has 3 amide bonds. The summed E-state index contributed by atoms with van der Waals surface area (Å²) < 4.78 is 10.7. The Morgan fingerprint density at radius 3 is 2.70 bits per heavy atom. The number of amides is 3. The van der Waals surface area contributed by atoms with Gasteiger partial charge in [0.25, 0.3) is 0 Å². The number of nitrogens with one attached hydrogen (secondary N) is 1. The number of carboxylic acids is 1. The maximum Gasteiger partial charge on any atom is 0.371 e. The van der Waals surface area contributed by atoms with Crippen molar-refractivity contribution in [1.82, 2.24) is 10.2 Å². The number of hydrogen-bond acceptors (Lipinski definition) is 6. The molecule has 1 saturated heterocycles. The number of ether oxygens (including phenoxy) is 1. The molecule has 0 unspecified atom stereocenters. The fourth-order valence-corrected chi connectivity index (χ4v) is 4.01. The summed E-state index contributed by atoms with van der Waals surface area (Å²) in [4.78, 5) is 50.6. The molecule has 1 aromatic heterocycles. The highest BCUT2D eigenvalue weighted by molar-refractivity contribution is 6.30. The molecule has 0 bridgehead atoms. The molecule has 1 fully saturated rings. The summed E-state index contributed by atoms with van der Waals surface area (Å²) in [6, 6.07) is 7.89. The molecule has 176 valence electrons. The van der Waals surface area contributed by atoms with Crippen LogP contribution < -0.4 is 10.1 Å². The first-order valence-corrected chi connectivity index (χ1v) is 10.9. The molecule has 3 rings (SSSR count). The van der Waals surface area contributed by atoms with E-state index in [2.05, 4.69) is 5.32 Å². The normalized spacial score (nSPS) is 17.3. The quantitative estimate of drug-likeness (QED) is 0.599. The van der Waals surface area contributed by atoms with E-state index in [1.165, 1.54) is 19.2 Å². The molecule has 1 aromatic carbocycles. The van der Waals surface area contributed by atoms with E-state index in [0.717, 1.165) is 4.90 Å². The van der Waals surface area contributed by atoms with Crippen LogP contribution in [-0.2, 0) is 20.8 Å². The van der Waals surface area contributed by atoms with Gasteiger partial charge in [-0.25, -0.2) is 4.79 Å². The monoisotopic (exact) mass is 476 g/mol. The molecule has 2 aromatic rings. The third kappa shape index (κ3) is 5.73. The van der Waals surface area contributed by atoms with Gasteiger partial charge in [0, 0.05) is 23.9 Å². The maximum absolute atomic E-state index is 13.3. The molecule has 1 aliphatic heterocycles. The number of carboxylic acid groups (broad SMARTS) is 1. The van der Waals surface area contributed by atoms with Gasteiger partial charge in [0.1, 0.15) is 18.1 Å². The van der Waals surface area contributed by atoms with Gasteiger partial charge in [0.05, 0.1) is 13.0 Å².